The maximum atomic E-state index is 14.1. The van der Waals surface area contributed by atoms with Crippen LogP contribution in [0.1, 0.15) is 30.4 Å². The summed E-state index contributed by atoms with van der Waals surface area (Å²) < 4.78 is 77.1. The monoisotopic (exact) mass is 430 g/mol. The van der Waals surface area contributed by atoms with Crippen molar-refractivity contribution < 1.29 is 41.1 Å². The number of rotatable bonds is 7. The summed E-state index contributed by atoms with van der Waals surface area (Å²) in [7, 11) is 0. The molecule has 164 valence electrons. The molecule has 0 radical (unpaired) electrons. The maximum absolute atomic E-state index is 14.1. The van der Waals surface area contributed by atoms with E-state index in [9.17, 15) is 36.9 Å². The molecule has 1 aliphatic heterocycles. The minimum absolute atomic E-state index is 0.0474. The third-order valence-corrected chi connectivity index (χ3v) is 4.28. The van der Waals surface area contributed by atoms with E-state index in [1.807, 2.05) is 0 Å². The van der Waals surface area contributed by atoms with Crippen molar-refractivity contribution >= 4 is 11.8 Å². The highest BCUT2D eigenvalue weighted by Gasteiger charge is 2.65. The summed E-state index contributed by atoms with van der Waals surface area (Å²) in [6, 6.07) is -2.42. The number of esters is 1. The van der Waals surface area contributed by atoms with Crippen LogP contribution >= 0.6 is 0 Å². The highest BCUT2D eigenvalue weighted by Crippen LogP contribution is 2.44. The van der Waals surface area contributed by atoms with E-state index >= 15 is 0 Å². The van der Waals surface area contributed by atoms with Gasteiger partial charge in [0, 0.05) is 17.5 Å². The van der Waals surface area contributed by atoms with Crippen LogP contribution < -0.4 is 4.90 Å². The van der Waals surface area contributed by atoms with E-state index < -0.39 is 41.3 Å². The van der Waals surface area contributed by atoms with Gasteiger partial charge in [-0.2, -0.15) is 27.1 Å². The number of nitrogens with zero attached hydrogens (tertiary/aromatic N) is 4. The summed E-state index contributed by atoms with van der Waals surface area (Å²) in [5.41, 5.74) is -0.740. The Labute approximate surface area is 161 Å². The third-order valence-electron chi connectivity index (χ3n) is 4.28. The number of aromatic nitrogens is 2. The van der Waals surface area contributed by atoms with Crippen LogP contribution in [0, 0.1) is 10.1 Å². The highest BCUT2D eigenvalue weighted by atomic mass is 19.4. The quantitative estimate of drug-likeness (QED) is 0.283. The summed E-state index contributed by atoms with van der Waals surface area (Å²) in [5, 5.41) is 14.6. The van der Waals surface area contributed by atoms with Crippen LogP contribution in [0.5, 0.6) is 0 Å². The predicted molar refractivity (Wildman–Crippen MR) is 87.7 cm³/mol. The number of hydrogen-bond acceptors (Lipinski definition) is 7. The molecule has 1 aromatic rings. The molecule has 0 aromatic carbocycles. The molecule has 1 unspecified atom stereocenters. The summed E-state index contributed by atoms with van der Waals surface area (Å²) in [5.74, 6) is -6.84. The Hall–Kier alpha value is -2.51. The summed E-state index contributed by atoms with van der Waals surface area (Å²) in [6.07, 6.45) is -6.10. The number of nitro groups is 1. The molecule has 1 aromatic heterocycles. The molecule has 0 amide bonds. The van der Waals surface area contributed by atoms with Crippen molar-refractivity contribution in [1.82, 2.24) is 9.78 Å². The van der Waals surface area contributed by atoms with Gasteiger partial charge in [-0.1, -0.05) is 0 Å². The first kappa shape index (κ1) is 22.8. The molecule has 9 nitrogen and oxygen atoms in total. The van der Waals surface area contributed by atoms with Crippen molar-refractivity contribution in [3.05, 3.63) is 21.9 Å². The van der Waals surface area contributed by atoms with Gasteiger partial charge in [0.05, 0.1) is 25.9 Å². The van der Waals surface area contributed by atoms with Gasteiger partial charge in [0.15, 0.2) is 11.9 Å². The first-order chi connectivity index (χ1) is 13.4. The average molecular weight is 430 g/mol. The molecule has 29 heavy (non-hydrogen) atoms. The Bertz CT molecular complexity index is 754. The first-order valence-electron chi connectivity index (χ1n) is 8.57. The lowest BCUT2D eigenvalue weighted by molar-refractivity contribution is -0.497. The van der Waals surface area contributed by atoms with Crippen molar-refractivity contribution in [2.75, 3.05) is 37.8 Å². The fraction of sp³-hybridized carbons (Fsp3) is 0.733. The number of ether oxygens (including phenoxy) is 2. The maximum Gasteiger partial charge on any atom is 0.455 e. The Morgan fingerprint density at radius 2 is 2.10 bits per heavy atom. The summed E-state index contributed by atoms with van der Waals surface area (Å²) in [6.45, 7) is 1.81. The normalized spacial score (nSPS) is 19.1. The molecule has 0 spiro atoms. The largest absolute Gasteiger partial charge is 0.461 e. The van der Waals surface area contributed by atoms with Crippen LogP contribution in [-0.4, -0.2) is 71.7 Å². The number of carbonyl (C=O) groups is 1. The molecule has 0 saturated carbocycles. The van der Waals surface area contributed by atoms with Crippen LogP contribution in [0.3, 0.4) is 0 Å². The number of carbonyl (C=O) groups excluding carboxylic acids is 1. The molecule has 2 atom stereocenters. The second-order valence-corrected chi connectivity index (χ2v) is 6.32. The van der Waals surface area contributed by atoms with Crippen LogP contribution in [0.2, 0.25) is 0 Å². The number of halogens is 5. The Balaban J connectivity index is 2.61. The van der Waals surface area contributed by atoms with E-state index in [1.54, 1.807) is 6.92 Å². The SMILES string of the molecule is CCOC(=O)c1cc(N2CCOC[C@H]2C)nn1C(C[N+](=O)[O-])C(F)(F)C(F)(F)F. The van der Waals surface area contributed by atoms with Crippen molar-refractivity contribution in [3.8, 4) is 0 Å². The van der Waals surface area contributed by atoms with Gasteiger partial charge in [-0.3, -0.25) is 10.1 Å². The van der Waals surface area contributed by atoms with Crippen molar-refractivity contribution in [3.63, 3.8) is 0 Å². The van der Waals surface area contributed by atoms with E-state index in [0.717, 1.165) is 6.07 Å². The molecule has 0 aliphatic carbocycles. The van der Waals surface area contributed by atoms with Gasteiger partial charge in [0.25, 0.3) is 0 Å². The van der Waals surface area contributed by atoms with Gasteiger partial charge in [-0.15, -0.1) is 0 Å². The first-order valence-corrected chi connectivity index (χ1v) is 8.57. The second kappa shape index (κ2) is 8.47. The number of alkyl halides is 5. The zero-order valence-corrected chi connectivity index (χ0v) is 15.5. The van der Waals surface area contributed by atoms with Gasteiger partial charge in [-0.05, 0) is 13.8 Å². The lowest BCUT2D eigenvalue weighted by atomic mass is 10.1. The molecule has 14 heteroatoms. The molecule has 1 fully saturated rings. The van der Waals surface area contributed by atoms with Gasteiger partial charge >= 0.3 is 18.1 Å². The molecule has 1 saturated heterocycles. The second-order valence-electron chi connectivity index (χ2n) is 6.32. The van der Waals surface area contributed by atoms with E-state index in [1.165, 1.54) is 11.8 Å². The molecule has 1 aliphatic rings. The molecule has 2 heterocycles. The van der Waals surface area contributed by atoms with Crippen LogP contribution in [-0.2, 0) is 9.47 Å². The predicted octanol–water partition coefficient (Wildman–Crippen LogP) is 2.30. The lowest BCUT2D eigenvalue weighted by Crippen LogP contribution is -2.48. The zero-order chi connectivity index (χ0) is 22.0. The standard InChI is InChI=1S/C15H19F5N4O5/c1-3-29-13(25)10-6-12(22-4-5-28-8-9(22)2)21-24(10)11(7-23(26)27)14(16,17)15(18,19)20/h6,9,11H,3-5,7-8H2,1-2H3/t9-,11?/m1/s1. The van der Waals surface area contributed by atoms with Crippen LogP contribution in [0.25, 0.3) is 0 Å². The van der Waals surface area contributed by atoms with E-state index in [-0.39, 0.29) is 42.9 Å². The number of hydrogen-bond donors (Lipinski definition) is 0. The van der Waals surface area contributed by atoms with Gasteiger partial charge in [0.1, 0.15) is 5.69 Å². The molecule has 0 N–H and O–H groups in total. The highest BCUT2D eigenvalue weighted by molar-refractivity contribution is 5.88. The summed E-state index contributed by atoms with van der Waals surface area (Å²) in [4.78, 5) is 23.3. The fourth-order valence-electron chi connectivity index (χ4n) is 2.86. The summed E-state index contributed by atoms with van der Waals surface area (Å²) >= 11 is 0. The van der Waals surface area contributed by atoms with Crippen molar-refractivity contribution in [2.24, 2.45) is 0 Å². The minimum Gasteiger partial charge on any atom is -0.461 e. The molecule has 0 bridgehead atoms. The topological polar surface area (TPSA) is 99.7 Å². The van der Waals surface area contributed by atoms with E-state index in [2.05, 4.69) is 5.10 Å². The van der Waals surface area contributed by atoms with Gasteiger partial charge in [0.2, 0.25) is 6.54 Å². The molecular formula is C15H19F5N4O5. The van der Waals surface area contributed by atoms with Crippen LogP contribution in [0.4, 0.5) is 27.8 Å². The Morgan fingerprint density at radius 3 is 2.62 bits per heavy atom. The van der Waals surface area contributed by atoms with Crippen molar-refractivity contribution in [1.29, 1.82) is 0 Å². The smallest absolute Gasteiger partial charge is 0.455 e. The molecular weight excluding hydrogens is 411 g/mol. The van der Waals surface area contributed by atoms with Crippen molar-refractivity contribution in [2.45, 2.75) is 38.0 Å². The Morgan fingerprint density at radius 1 is 1.45 bits per heavy atom. The van der Waals surface area contributed by atoms with Crippen LogP contribution in [0.15, 0.2) is 6.07 Å². The lowest BCUT2D eigenvalue weighted by Gasteiger charge is -2.33. The fourth-order valence-corrected chi connectivity index (χ4v) is 2.86. The van der Waals surface area contributed by atoms with Gasteiger partial charge < -0.3 is 14.4 Å². The minimum atomic E-state index is -6.10. The van der Waals surface area contributed by atoms with E-state index in [0.29, 0.717) is 0 Å². The number of anilines is 1. The Kier molecular flexibility index (Phi) is 6.65. The molecule has 2 rings (SSSR count). The van der Waals surface area contributed by atoms with Gasteiger partial charge in [-0.25, -0.2) is 9.48 Å². The third kappa shape index (κ3) is 4.74. The average Bonchev–Trinajstić information content (AvgIpc) is 3.03. The number of morpholine rings is 1. The zero-order valence-electron chi connectivity index (χ0n) is 15.5. The van der Waals surface area contributed by atoms with E-state index in [4.69, 9.17) is 9.47 Å².